The number of imidazole rings is 1. The number of amides is 1. The van der Waals surface area contributed by atoms with Crippen LogP contribution in [0.2, 0.25) is 0 Å². The van der Waals surface area contributed by atoms with Gasteiger partial charge in [-0.15, -0.1) is 0 Å². The number of carbonyl (C=O) groups excluding carboxylic acids is 1. The summed E-state index contributed by atoms with van der Waals surface area (Å²) in [6.45, 7) is 5.21. The predicted molar refractivity (Wildman–Crippen MR) is 112 cm³/mol. The molecule has 5 nitrogen and oxygen atoms in total. The van der Waals surface area contributed by atoms with E-state index in [1.54, 1.807) is 0 Å². The molecule has 1 fully saturated rings. The van der Waals surface area contributed by atoms with Crippen LogP contribution in [-0.4, -0.2) is 39.5 Å². The quantitative estimate of drug-likeness (QED) is 0.754. The third kappa shape index (κ3) is 3.20. The van der Waals surface area contributed by atoms with Gasteiger partial charge in [0.15, 0.2) is 0 Å². The van der Waals surface area contributed by atoms with Gasteiger partial charge in [0.25, 0.3) is 5.91 Å². The number of hydrogen-bond donors (Lipinski definition) is 1. The maximum Gasteiger partial charge on any atom is 0.255 e. The van der Waals surface area contributed by atoms with E-state index in [1.165, 1.54) is 24.8 Å². The van der Waals surface area contributed by atoms with Gasteiger partial charge in [-0.2, -0.15) is 0 Å². The minimum absolute atomic E-state index is 0.0925. The van der Waals surface area contributed by atoms with Crippen molar-refractivity contribution in [2.45, 2.75) is 45.2 Å². The highest BCUT2D eigenvalue weighted by molar-refractivity contribution is 6.06. The van der Waals surface area contributed by atoms with Gasteiger partial charge in [-0.1, -0.05) is 24.1 Å². The second-order valence-corrected chi connectivity index (χ2v) is 8.07. The molecule has 0 bridgehead atoms. The molecule has 0 spiro atoms. The van der Waals surface area contributed by atoms with Gasteiger partial charge in [0.05, 0.1) is 11.0 Å². The lowest BCUT2D eigenvalue weighted by atomic mass is 9.91. The van der Waals surface area contributed by atoms with Gasteiger partial charge in [0.1, 0.15) is 5.82 Å². The Labute approximate surface area is 165 Å². The molecule has 5 heteroatoms. The van der Waals surface area contributed by atoms with Crippen molar-refractivity contribution in [3.63, 3.8) is 0 Å². The molecule has 28 heavy (non-hydrogen) atoms. The standard InChI is InChI=1S/C23H26N4O/c1-16-5-8-18(9-6-16)24-23(28)17-7-10-21-20(15-17)25-22-11-12-26(13-14-27(21)22)19-3-2-4-19/h5-10,15,19H,2-4,11-14H2,1H3,(H,24,28). The molecule has 1 amide bonds. The van der Waals surface area contributed by atoms with Crippen molar-refractivity contribution in [2.75, 3.05) is 18.4 Å². The average Bonchev–Trinajstić information content (AvgIpc) is 2.88. The first-order chi connectivity index (χ1) is 13.7. The summed E-state index contributed by atoms with van der Waals surface area (Å²) in [5, 5.41) is 2.97. The number of anilines is 1. The average molecular weight is 374 g/mol. The van der Waals surface area contributed by atoms with Crippen LogP contribution in [0, 0.1) is 6.92 Å². The fourth-order valence-corrected chi connectivity index (χ4v) is 4.30. The number of rotatable bonds is 3. The molecule has 1 N–H and O–H groups in total. The minimum atomic E-state index is -0.0925. The van der Waals surface area contributed by atoms with Crippen LogP contribution in [0.1, 0.15) is 41.0 Å². The van der Waals surface area contributed by atoms with E-state index in [1.807, 2.05) is 43.3 Å². The van der Waals surface area contributed by atoms with Crippen LogP contribution in [0.3, 0.4) is 0 Å². The number of nitrogens with zero attached hydrogens (tertiary/aromatic N) is 3. The molecule has 0 radical (unpaired) electrons. The Morgan fingerprint density at radius 2 is 1.89 bits per heavy atom. The third-order valence-electron chi connectivity index (χ3n) is 6.22. The van der Waals surface area contributed by atoms with Gasteiger partial charge in [0, 0.05) is 43.3 Å². The van der Waals surface area contributed by atoms with Gasteiger partial charge in [-0.25, -0.2) is 4.98 Å². The van der Waals surface area contributed by atoms with E-state index < -0.39 is 0 Å². The summed E-state index contributed by atoms with van der Waals surface area (Å²) >= 11 is 0. The van der Waals surface area contributed by atoms with Crippen molar-refractivity contribution in [1.29, 1.82) is 0 Å². The van der Waals surface area contributed by atoms with Crippen molar-refractivity contribution in [3.05, 3.63) is 59.4 Å². The first kappa shape index (κ1) is 17.4. The largest absolute Gasteiger partial charge is 0.327 e. The number of fused-ring (bicyclic) bond motifs is 3. The maximum absolute atomic E-state index is 12.6. The van der Waals surface area contributed by atoms with E-state index in [2.05, 4.69) is 20.9 Å². The lowest BCUT2D eigenvalue weighted by Gasteiger charge is -2.36. The second kappa shape index (κ2) is 7.06. The normalized spacial score (nSPS) is 17.8. The topological polar surface area (TPSA) is 50.2 Å². The molecular formula is C23H26N4O. The lowest BCUT2D eigenvalue weighted by molar-refractivity contribution is 0.102. The summed E-state index contributed by atoms with van der Waals surface area (Å²) in [6.07, 6.45) is 5.06. The van der Waals surface area contributed by atoms with E-state index >= 15 is 0 Å². The van der Waals surface area contributed by atoms with Crippen molar-refractivity contribution < 1.29 is 4.79 Å². The van der Waals surface area contributed by atoms with E-state index in [0.29, 0.717) is 5.56 Å². The molecule has 2 aliphatic rings. The van der Waals surface area contributed by atoms with E-state index in [4.69, 9.17) is 4.98 Å². The highest BCUT2D eigenvalue weighted by atomic mass is 16.1. The van der Waals surface area contributed by atoms with Gasteiger partial charge >= 0.3 is 0 Å². The van der Waals surface area contributed by atoms with Crippen LogP contribution in [0.15, 0.2) is 42.5 Å². The van der Waals surface area contributed by atoms with Gasteiger partial charge in [-0.05, 0) is 50.1 Å². The summed E-state index contributed by atoms with van der Waals surface area (Å²) in [4.78, 5) is 20.1. The predicted octanol–water partition coefficient (Wildman–Crippen LogP) is 4.01. The number of aryl methyl sites for hydroxylation is 1. The van der Waals surface area contributed by atoms with Crippen molar-refractivity contribution in [2.24, 2.45) is 0 Å². The first-order valence-electron chi connectivity index (χ1n) is 10.3. The highest BCUT2D eigenvalue weighted by Crippen LogP contribution is 2.27. The number of carbonyl (C=O) groups is 1. The summed E-state index contributed by atoms with van der Waals surface area (Å²) in [5.74, 6) is 1.05. The Morgan fingerprint density at radius 3 is 2.64 bits per heavy atom. The molecular weight excluding hydrogens is 348 g/mol. The molecule has 1 aromatic heterocycles. The SMILES string of the molecule is Cc1ccc(NC(=O)c2ccc3c(c2)nc2n3CCN(C3CCC3)CC2)cc1. The molecule has 2 aromatic carbocycles. The van der Waals surface area contributed by atoms with E-state index in [-0.39, 0.29) is 5.91 Å². The lowest BCUT2D eigenvalue weighted by Crippen LogP contribution is -2.41. The zero-order valence-electron chi connectivity index (χ0n) is 16.3. The van der Waals surface area contributed by atoms with Crippen LogP contribution >= 0.6 is 0 Å². The van der Waals surface area contributed by atoms with Crippen molar-refractivity contribution in [1.82, 2.24) is 14.5 Å². The maximum atomic E-state index is 12.6. The molecule has 0 unspecified atom stereocenters. The number of hydrogen-bond acceptors (Lipinski definition) is 3. The Hall–Kier alpha value is -2.66. The summed E-state index contributed by atoms with van der Waals surface area (Å²) in [5.41, 5.74) is 4.70. The number of benzene rings is 2. The molecule has 1 aliphatic carbocycles. The van der Waals surface area contributed by atoms with Crippen molar-refractivity contribution >= 4 is 22.6 Å². The number of nitrogens with one attached hydrogen (secondary N) is 1. The summed E-state index contributed by atoms with van der Waals surface area (Å²) in [7, 11) is 0. The van der Waals surface area contributed by atoms with Gasteiger partial charge in [0.2, 0.25) is 0 Å². The fourth-order valence-electron chi connectivity index (χ4n) is 4.30. The zero-order chi connectivity index (χ0) is 19.1. The Kier molecular flexibility index (Phi) is 4.40. The minimum Gasteiger partial charge on any atom is -0.327 e. The van der Waals surface area contributed by atoms with Crippen LogP contribution in [-0.2, 0) is 13.0 Å². The van der Waals surface area contributed by atoms with Crippen LogP contribution in [0.5, 0.6) is 0 Å². The molecule has 2 heterocycles. The third-order valence-corrected chi connectivity index (χ3v) is 6.22. The van der Waals surface area contributed by atoms with Gasteiger partial charge < -0.3 is 9.88 Å². The van der Waals surface area contributed by atoms with Gasteiger partial charge in [-0.3, -0.25) is 9.69 Å². The highest BCUT2D eigenvalue weighted by Gasteiger charge is 2.27. The smallest absolute Gasteiger partial charge is 0.255 e. The molecule has 0 atom stereocenters. The number of aromatic nitrogens is 2. The second-order valence-electron chi connectivity index (χ2n) is 8.07. The Bertz CT molecular complexity index is 1020. The van der Waals surface area contributed by atoms with E-state index in [9.17, 15) is 4.79 Å². The molecule has 5 rings (SSSR count). The van der Waals surface area contributed by atoms with Crippen LogP contribution in [0.4, 0.5) is 5.69 Å². The van der Waals surface area contributed by atoms with Crippen LogP contribution < -0.4 is 5.32 Å². The first-order valence-corrected chi connectivity index (χ1v) is 10.3. The molecule has 0 saturated heterocycles. The summed E-state index contributed by atoms with van der Waals surface area (Å²) < 4.78 is 2.34. The van der Waals surface area contributed by atoms with Crippen LogP contribution in [0.25, 0.3) is 11.0 Å². The monoisotopic (exact) mass is 374 g/mol. The van der Waals surface area contributed by atoms with Crippen molar-refractivity contribution in [3.8, 4) is 0 Å². The molecule has 1 aliphatic heterocycles. The Balaban J connectivity index is 1.36. The summed E-state index contributed by atoms with van der Waals surface area (Å²) in [6, 6.07) is 14.5. The molecule has 144 valence electrons. The molecule has 3 aromatic rings. The Morgan fingerprint density at radius 1 is 1.07 bits per heavy atom. The van der Waals surface area contributed by atoms with E-state index in [0.717, 1.165) is 54.6 Å². The zero-order valence-corrected chi connectivity index (χ0v) is 16.3. The fraction of sp³-hybridized carbons (Fsp3) is 0.391. The molecule has 1 saturated carbocycles.